The number of carbonyl (C=O) groups excluding carboxylic acids is 1. The molecule has 0 fully saturated rings. The van der Waals surface area contributed by atoms with Crippen molar-refractivity contribution in [3.63, 3.8) is 0 Å². The zero-order valence-corrected chi connectivity index (χ0v) is 11.3. The molecule has 19 heavy (non-hydrogen) atoms. The van der Waals surface area contributed by atoms with Gasteiger partial charge in [-0.05, 0) is 23.1 Å². The molecule has 2 aromatic rings. The van der Waals surface area contributed by atoms with Crippen molar-refractivity contribution in [2.75, 3.05) is 0 Å². The second-order valence-electron chi connectivity index (χ2n) is 3.94. The van der Waals surface area contributed by atoms with E-state index in [1.165, 1.54) is 11.8 Å². The minimum Gasteiger partial charge on any atom is -0.348 e. The quantitative estimate of drug-likeness (QED) is 0.663. The minimum atomic E-state index is -0.0766. The Morgan fingerprint density at radius 1 is 1.00 bits per heavy atom. The van der Waals surface area contributed by atoms with Gasteiger partial charge in [-0.25, -0.2) is 0 Å². The van der Waals surface area contributed by atoms with E-state index in [9.17, 15) is 4.79 Å². The normalized spacial score (nSPS) is 10.5. The van der Waals surface area contributed by atoms with Crippen LogP contribution in [0.15, 0.2) is 77.0 Å². The van der Waals surface area contributed by atoms with Crippen LogP contribution in [0.4, 0.5) is 0 Å². The third-order valence-corrected chi connectivity index (χ3v) is 3.29. The van der Waals surface area contributed by atoms with Gasteiger partial charge < -0.3 is 5.32 Å². The van der Waals surface area contributed by atoms with Crippen LogP contribution in [-0.4, -0.2) is 5.91 Å². The molecule has 1 amide bonds. The molecule has 2 nitrogen and oxygen atoms in total. The summed E-state index contributed by atoms with van der Waals surface area (Å²) in [4.78, 5) is 12.7. The third-order valence-electron chi connectivity index (χ3n) is 2.48. The maximum Gasteiger partial charge on any atom is 0.244 e. The summed E-state index contributed by atoms with van der Waals surface area (Å²) in [6.45, 7) is 0.556. The topological polar surface area (TPSA) is 29.1 Å². The Kier molecular flexibility index (Phi) is 5.26. The van der Waals surface area contributed by atoms with Gasteiger partial charge >= 0.3 is 0 Å². The molecule has 0 spiro atoms. The average molecular weight is 269 g/mol. The highest BCUT2D eigenvalue weighted by Gasteiger charge is 1.96. The van der Waals surface area contributed by atoms with E-state index in [4.69, 9.17) is 0 Å². The summed E-state index contributed by atoms with van der Waals surface area (Å²) in [5.41, 5.74) is 1.10. The molecule has 0 atom stereocenters. The molecule has 0 aliphatic heterocycles. The van der Waals surface area contributed by atoms with Gasteiger partial charge in [0.05, 0.1) is 0 Å². The van der Waals surface area contributed by atoms with E-state index >= 15 is 0 Å². The minimum absolute atomic E-state index is 0.0766. The highest BCUT2D eigenvalue weighted by atomic mass is 32.2. The molecule has 96 valence electrons. The van der Waals surface area contributed by atoms with E-state index in [0.29, 0.717) is 6.54 Å². The lowest BCUT2D eigenvalue weighted by atomic mass is 10.2. The van der Waals surface area contributed by atoms with Crippen LogP contribution in [0.25, 0.3) is 0 Å². The molecule has 0 unspecified atom stereocenters. The molecule has 0 heterocycles. The summed E-state index contributed by atoms with van der Waals surface area (Å²) < 4.78 is 0. The molecular weight excluding hydrogens is 254 g/mol. The Bertz CT molecular complexity index is 537. The molecule has 2 rings (SSSR count). The number of hydrogen-bond donors (Lipinski definition) is 1. The predicted octanol–water partition coefficient (Wildman–Crippen LogP) is 3.61. The van der Waals surface area contributed by atoms with Gasteiger partial charge in [0.2, 0.25) is 5.91 Å². The first-order valence-corrected chi connectivity index (χ1v) is 6.92. The number of thioether (sulfide) groups is 1. The van der Waals surface area contributed by atoms with Gasteiger partial charge in [-0.1, -0.05) is 60.3 Å². The summed E-state index contributed by atoms with van der Waals surface area (Å²) in [5, 5.41) is 4.65. The third kappa shape index (κ3) is 5.02. The van der Waals surface area contributed by atoms with Gasteiger partial charge in [-0.15, -0.1) is 0 Å². The first-order valence-electron chi connectivity index (χ1n) is 6.04. The Hall–Kier alpha value is -2.00. The van der Waals surface area contributed by atoms with E-state index in [0.717, 1.165) is 10.5 Å². The molecule has 0 saturated heterocycles. The van der Waals surface area contributed by atoms with E-state index in [2.05, 4.69) is 5.32 Å². The highest BCUT2D eigenvalue weighted by Crippen LogP contribution is 2.17. The summed E-state index contributed by atoms with van der Waals surface area (Å²) in [6, 6.07) is 19.8. The van der Waals surface area contributed by atoms with Crippen LogP contribution in [0.2, 0.25) is 0 Å². The fraction of sp³-hybridized carbons (Fsp3) is 0.0625. The van der Waals surface area contributed by atoms with Crippen LogP contribution in [0.5, 0.6) is 0 Å². The van der Waals surface area contributed by atoms with Crippen molar-refractivity contribution >= 4 is 17.7 Å². The van der Waals surface area contributed by atoms with E-state index in [1.54, 1.807) is 11.5 Å². The largest absolute Gasteiger partial charge is 0.348 e. The summed E-state index contributed by atoms with van der Waals surface area (Å²) in [6.07, 6.45) is 1.56. The van der Waals surface area contributed by atoms with Gasteiger partial charge in [-0.2, -0.15) is 0 Å². The molecule has 0 aromatic heterocycles. The lowest BCUT2D eigenvalue weighted by molar-refractivity contribution is -0.116. The van der Waals surface area contributed by atoms with Gasteiger partial charge in [0.25, 0.3) is 0 Å². The van der Waals surface area contributed by atoms with Crippen LogP contribution in [0.1, 0.15) is 5.56 Å². The van der Waals surface area contributed by atoms with Crippen molar-refractivity contribution in [1.82, 2.24) is 5.32 Å². The number of rotatable bonds is 5. The Balaban J connectivity index is 1.75. The average Bonchev–Trinajstić information content (AvgIpc) is 2.47. The van der Waals surface area contributed by atoms with Gasteiger partial charge in [0.1, 0.15) is 0 Å². The SMILES string of the molecule is O=C(/C=C/Sc1ccccc1)NCc1ccccc1. The Labute approximate surface area is 117 Å². The first-order chi connectivity index (χ1) is 9.34. The smallest absolute Gasteiger partial charge is 0.244 e. The molecular formula is C16H15NOS. The molecule has 0 bridgehead atoms. The Morgan fingerprint density at radius 2 is 1.63 bits per heavy atom. The van der Waals surface area contributed by atoms with Gasteiger partial charge in [0.15, 0.2) is 0 Å². The summed E-state index contributed by atoms with van der Waals surface area (Å²) in [5.74, 6) is -0.0766. The monoisotopic (exact) mass is 269 g/mol. The Morgan fingerprint density at radius 3 is 2.32 bits per heavy atom. The molecule has 0 aliphatic rings. The van der Waals surface area contributed by atoms with Crippen molar-refractivity contribution in [1.29, 1.82) is 0 Å². The van der Waals surface area contributed by atoms with Gasteiger partial charge in [-0.3, -0.25) is 4.79 Å². The first kappa shape index (κ1) is 13.4. The zero-order chi connectivity index (χ0) is 13.3. The number of carbonyl (C=O) groups is 1. The van der Waals surface area contributed by atoms with Crippen LogP contribution < -0.4 is 5.32 Å². The highest BCUT2D eigenvalue weighted by molar-refractivity contribution is 8.02. The maximum absolute atomic E-state index is 11.6. The number of hydrogen-bond acceptors (Lipinski definition) is 2. The van der Waals surface area contributed by atoms with E-state index in [-0.39, 0.29) is 5.91 Å². The van der Waals surface area contributed by atoms with E-state index < -0.39 is 0 Å². The summed E-state index contributed by atoms with van der Waals surface area (Å²) >= 11 is 1.53. The number of amides is 1. The van der Waals surface area contributed by atoms with Crippen LogP contribution in [-0.2, 0) is 11.3 Å². The molecule has 0 aliphatic carbocycles. The molecule has 2 aromatic carbocycles. The van der Waals surface area contributed by atoms with Crippen LogP contribution in [0.3, 0.4) is 0 Å². The summed E-state index contributed by atoms with van der Waals surface area (Å²) in [7, 11) is 0. The van der Waals surface area contributed by atoms with E-state index in [1.807, 2.05) is 60.7 Å². The lowest BCUT2D eigenvalue weighted by Gasteiger charge is -2.01. The predicted molar refractivity (Wildman–Crippen MR) is 79.7 cm³/mol. The lowest BCUT2D eigenvalue weighted by Crippen LogP contribution is -2.19. The standard InChI is InChI=1S/C16H15NOS/c18-16(17-13-14-7-3-1-4-8-14)11-12-19-15-9-5-2-6-10-15/h1-12H,13H2,(H,17,18)/b12-11+. The van der Waals surface area contributed by atoms with Crippen molar-refractivity contribution in [3.8, 4) is 0 Å². The van der Waals surface area contributed by atoms with Crippen molar-refractivity contribution in [2.45, 2.75) is 11.4 Å². The van der Waals surface area contributed by atoms with Crippen molar-refractivity contribution in [3.05, 3.63) is 77.7 Å². The fourth-order valence-electron chi connectivity index (χ4n) is 1.52. The van der Waals surface area contributed by atoms with Crippen LogP contribution >= 0.6 is 11.8 Å². The fourth-order valence-corrected chi connectivity index (χ4v) is 2.18. The number of benzene rings is 2. The molecule has 1 N–H and O–H groups in total. The molecule has 3 heteroatoms. The molecule has 0 saturated carbocycles. The second-order valence-corrected chi connectivity index (χ2v) is 4.92. The van der Waals surface area contributed by atoms with Crippen LogP contribution in [0, 0.1) is 0 Å². The maximum atomic E-state index is 11.6. The van der Waals surface area contributed by atoms with Crippen molar-refractivity contribution < 1.29 is 4.79 Å². The zero-order valence-electron chi connectivity index (χ0n) is 10.5. The van der Waals surface area contributed by atoms with Gasteiger partial charge in [0, 0.05) is 17.5 Å². The second kappa shape index (κ2) is 7.44. The number of nitrogens with one attached hydrogen (secondary N) is 1. The van der Waals surface area contributed by atoms with Crippen molar-refractivity contribution in [2.24, 2.45) is 0 Å². The molecule has 0 radical (unpaired) electrons.